The molecule has 0 N–H and O–H groups in total. The summed E-state index contributed by atoms with van der Waals surface area (Å²) in [5.41, 5.74) is 3.21. The molecule has 1 aliphatic rings. The minimum absolute atomic E-state index is 0.0247. The first-order valence-corrected chi connectivity index (χ1v) is 10.1. The van der Waals surface area contributed by atoms with Crippen molar-refractivity contribution in [3.8, 4) is 11.1 Å². The van der Waals surface area contributed by atoms with Crippen LogP contribution in [-0.4, -0.2) is 54.1 Å². The van der Waals surface area contributed by atoms with Gasteiger partial charge < -0.3 is 14.5 Å². The molecule has 1 amide bonds. The van der Waals surface area contributed by atoms with Crippen LogP contribution >= 0.6 is 11.3 Å². The van der Waals surface area contributed by atoms with Crippen LogP contribution in [0.3, 0.4) is 0 Å². The van der Waals surface area contributed by atoms with Gasteiger partial charge in [-0.1, -0.05) is 0 Å². The molecule has 144 valence electrons. The molecule has 1 fully saturated rings. The Kier molecular flexibility index (Phi) is 5.64. The summed E-state index contributed by atoms with van der Waals surface area (Å²) in [4.78, 5) is 26.0. The van der Waals surface area contributed by atoms with E-state index in [0.717, 1.165) is 39.7 Å². The molecule has 1 aliphatic heterocycles. The predicted octanol–water partition coefficient (Wildman–Crippen LogP) is 3.31. The van der Waals surface area contributed by atoms with E-state index >= 15 is 0 Å². The predicted molar refractivity (Wildman–Crippen MR) is 111 cm³/mol. The molecular formula is C21H22N4O2S. The Morgan fingerprint density at radius 1 is 1.11 bits per heavy atom. The van der Waals surface area contributed by atoms with Crippen molar-refractivity contribution in [1.29, 1.82) is 0 Å². The number of anilines is 1. The smallest absolute Gasteiger partial charge is 0.264 e. The molecule has 0 aliphatic carbocycles. The van der Waals surface area contributed by atoms with E-state index in [0.29, 0.717) is 19.8 Å². The maximum atomic E-state index is 13.1. The molecule has 0 saturated carbocycles. The van der Waals surface area contributed by atoms with Crippen LogP contribution in [0.1, 0.15) is 15.2 Å². The number of ether oxygens (including phenoxy) is 1. The van der Waals surface area contributed by atoms with Gasteiger partial charge in [-0.2, -0.15) is 0 Å². The number of aromatic nitrogens is 2. The molecule has 3 aromatic rings. The summed E-state index contributed by atoms with van der Waals surface area (Å²) < 4.78 is 5.50. The Morgan fingerprint density at radius 3 is 2.43 bits per heavy atom. The Morgan fingerprint density at radius 2 is 1.75 bits per heavy atom. The van der Waals surface area contributed by atoms with Crippen molar-refractivity contribution in [3.05, 3.63) is 65.6 Å². The first kappa shape index (κ1) is 18.6. The standard InChI is InChI=1S/C21H22N4O2S/c1-24(15-16-2-6-22-7-3-16)20(26)19-14-18(17-4-8-23-9-5-17)21(28-19)25-10-12-27-13-11-25/h2-9,14H,10-13,15H2,1H3. The third-order valence-corrected chi connectivity index (χ3v) is 5.91. The first-order chi connectivity index (χ1) is 13.7. The lowest BCUT2D eigenvalue weighted by atomic mass is 10.1. The van der Waals surface area contributed by atoms with Crippen LogP contribution in [0.4, 0.5) is 5.00 Å². The van der Waals surface area contributed by atoms with E-state index in [2.05, 4.69) is 14.9 Å². The van der Waals surface area contributed by atoms with Crippen LogP contribution in [0.25, 0.3) is 11.1 Å². The first-order valence-electron chi connectivity index (χ1n) is 9.23. The van der Waals surface area contributed by atoms with Gasteiger partial charge in [0.15, 0.2) is 0 Å². The Bertz CT molecular complexity index is 924. The fourth-order valence-electron chi connectivity index (χ4n) is 3.25. The van der Waals surface area contributed by atoms with Crippen LogP contribution in [-0.2, 0) is 11.3 Å². The lowest BCUT2D eigenvalue weighted by Crippen LogP contribution is -2.35. The molecule has 0 atom stereocenters. The molecule has 0 radical (unpaired) electrons. The molecule has 4 rings (SSSR count). The fraction of sp³-hybridized carbons (Fsp3) is 0.286. The van der Waals surface area contributed by atoms with Crippen LogP contribution in [0.5, 0.6) is 0 Å². The number of nitrogens with zero attached hydrogens (tertiary/aromatic N) is 4. The second-order valence-corrected chi connectivity index (χ2v) is 7.71. The van der Waals surface area contributed by atoms with Crippen LogP contribution in [0, 0.1) is 0 Å². The van der Waals surface area contributed by atoms with E-state index in [1.54, 1.807) is 41.0 Å². The quantitative estimate of drug-likeness (QED) is 0.664. The number of morpholine rings is 1. The minimum Gasteiger partial charge on any atom is -0.378 e. The molecule has 28 heavy (non-hydrogen) atoms. The van der Waals surface area contributed by atoms with Crippen molar-refractivity contribution in [2.45, 2.75) is 6.54 Å². The zero-order valence-corrected chi connectivity index (χ0v) is 16.6. The molecule has 6 nitrogen and oxygen atoms in total. The van der Waals surface area contributed by atoms with Gasteiger partial charge in [-0.15, -0.1) is 11.3 Å². The van der Waals surface area contributed by atoms with Gasteiger partial charge in [-0.3, -0.25) is 14.8 Å². The van der Waals surface area contributed by atoms with Crippen LogP contribution in [0.2, 0.25) is 0 Å². The zero-order valence-electron chi connectivity index (χ0n) is 15.7. The maximum Gasteiger partial charge on any atom is 0.264 e. The van der Waals surface area contributed by atoms with E-state index < -0.39 is 0 Å². The lowest BCUT2D eigenvalue weighted by molar-refractivity contribution is 0.0790. The lowest BCUT2D eigenvalue weighted by Gasteiger charge is -2.28. The summed E-state index contributed by atoms with van der Waals surface area (Å²) in [6.45, 7) is 3.63. The normalized spacial score (nSPS) is 14.1. The SMILES string of the molecule is CN(Cc1ccncc1)C(=O)c1cc(-c2ccncc2)c(N2CCOCC2)s1. The maximum absolute atomic E-state index is 13.1. The van der Waals surface area contributed by atoms with Crippen molar-refractivity contribution in [1.82, 2.24) is 14.9 Å². The Hall–Kier alpha value is -2.77. The van der Waals surface area contributed by atoms with E-state index in [9.17, 15) is 4.79 Å². The molecule has 3 aromatic heterocycles. The number of carbonyl (C=O) groups excluding carboxylic acids is 1. The van der Waals surface area contributed by atoms with Crippen molar-refractivity contribution < 1.29 is 9.53 Å². The zero-order chi connectivity index (χ0) is 19.3. The van der Waals surface area contributed by atoms with Gasteiger partial charge in [0.2, 0.25) is 0 Å². The molecule has 1 saturated heterocycles. The van der Waals surface area contributed by atoms with Gasteiger partial charge in [0, 0.05) is 57.0 Å². The highest BCUT2D eigenvalue weighted by Gasteiger charge is 2.23. The highest BCUT2D eigenvalue weighted by molar-refractivity contribution is 7.18. The second kappa shape index (κ2) is 8.50. The summed E-state index contributed by atoms with van der Waals surface area (Å²) in [5, 5.41) is 1.12. The number of hydrogen-bond acceptors (Lipinski definition) is 6. The van der Waals surface area contributed by atoms with Crippen molar-refractivity contribution in [3.63, 3.8) is 0 Å². The van der Waals surface area contributed by atoms with Gasteiger partial charge in [0.1, 0.15) is 0 Å². The summed E-state index contributed by atoms with van der Waals surface area (Å²) in [6, 6.07) is 9.84. The number of rotatable bonds is 5. The summed E-state index contributed by atoms with van der Waals surface area (Å²) >= 11 is 1.55. The summed E-state index contributed by atoms with van der Waals surface area (Å²) in [5.74, 6) is 0.0247. The molecule has 7 heteroatoms. The van der Waals surface area contributed by atoms with Gasteiger partial charge in [0.25, 0.3) is 5.91 Å². The number of thiophene rings is 1. The number of carbonyl (C=O) groups is 1. The molecule has 0 unspecified atom stereocenters. The van der Waals surface area contributed by atoms with Crippen molar-refractivity contribution in [2.75, 3.05) is 38.3 Å². The van der Waals surface area contributed by atoms with E-state index in [-0.39, 0.29) is 5.91 Å². The van der Waals surface area contributed by atoms with Gasteiger partial charge in [-0.25, -0.2) is 0 Å². The average molecular weight is 395 g/mol. The average Bonchev–Trinajstić information content (AvgIpc) is 3.20. The number of amides is 1. The monoisotopic (exact) mass is 394 g/mol. The summed E-state index contributed by atoms with van der Waals surface area (Å²) in [7, 11) is 1.84. The molecule has 0 aromatic carbocycles. The third kappa shape index (κ3) is 4.05. The van der Waals surface area contributed by atoms with Crippen molar-refractivity contribution in [2.24, 2.45) is 0 Å². The van der Waals surface area contributed by atoms with Gasteiger partial charge >= 0.3 is 0 Å². The topological polar surface area (TPSA) is 58.6 Å². The van der Waals surface area contributed by atoms with E-state index in [1.165, 1.54) is 0 Å². The number of pyridine rings is 2. The molecule has 4 heterocycles. The van der Waals surface area contributed by atoms with Gasteiger partial charge in [0.05, 0.1) is 23.1 Å². The third-order valence-electron chi connectivity index (χ3n) is 4.73. The minimum atomic E-state index is 0.0247. The highest BCUT2D eigenvalue weighted by atomic mass is 32.1. The van der Waals surface area contributed by atoms with Crippen molar-refractivity contribution >= 4 is 22.2 Å². The largest absolute Gasteiger partial charge is 0.378 e. The fourth-order valence-corrected chi connectivity index (χ4v) is 4.48. The van der Waals surface area contributed by atoms with E-state index in [1.807, 2.05) is 37.4 Å². The molecular weight excluding hydrogens is 372 g/mol. The van der Waals surface area contributed by atoms with Gasteiger partial charge in [-0.05, 0) is 41.5 Å². The molecule has 0 spiro atoms. The Labute approximate surface area is 168 Å². The Balaban J connectivity index is 1.63. The van der Waals surface area contributed by atoms with Crippen LogP contribution < -0.4 is 4.90 Å². The van der Waals surface area contributed by atoms with Crippen LogP contribution in [0.15, 0.2) is 55.1 Å². The molecule has 0 bridgehead atoms. The summed E-state index contributed by atoms with van der Waals surface area (Å²) in [6.07, 6.45) is 7.06. The van der Waals surface area contributed by atoms with E-state index in [4.69, 9.17) is 4.74 Å². The second-order valence-electron chi connectivity index (χ2n) is 6.68. The number of hydrogen-bond donors (Lipinski definition) is 0. The highest BCUT2D eigenvalue weighted by Crippen LogP contribution is 2.39.